The van der Waals surface area contributed by atoms with E-state index in [1.54, 1.807) is 43.1 Å². The van der Waals surface area contributed by atoms with Gasteiger partial charge in [0.15, 0.2) is 5.71 Å². The van der Waals surface area contributed by atoms with Crippen LogP contribution in [0.2, 0.25) is 12.6 Å². The van der Waals surface area contributed by atoms with Gasteiger partial charge in [0.1, 0.15) is 40.0 Å². The average Bonchev–Trinajstić information content (AvgIpc) is 2.20. The molecule has 454 valence electrons. The van der Waals surface area contributed by atoms with Crippen LogP contribution in [0.25, 0.3) is 16.5 Å². The molecule has 0 saturated heterocycles. The number of aromatic nitrogens is 1. The van der Waals surface area contributed by atoms with Gasteiger partial charge < -0.3 is 45.7 Å². The number of esters is 1. The molecule has 16 nitrogen and oxygen atoms in total. The lowest BCUT2D eigenvalue weighted by Gasteiger charge is -2.40. The van der Waals surface area contributed by atoms with E-state index in [1.165, 1.54) is 27.4 Å². The average molecular weight is 1200 g/mol. The van der Waals surface area contributed by atoms with Crippen molar-refractivity contribution in [1.29, 1.82) is 0 Å². The van der Waals surface area contributed by atoms with E-state index in [4.69, 9.17) is 4.74 Å². The first kappa shape index (κ1) is 64.0. The Balaban J connectivity index is 0.947. The van der Waals surface area contributed by atoms with Crippen LogP contribution in [0.4, 0.5) is 5.69 Å². The zero-order valence-corrected chi connectivity index (χ0v) is 52.9. The molecule has 8 rings (SSSR count). The number of H-pyrrole nitrogens is 1. The molecule has 86 heavy (non-hydrogen) atoms. The number of carbonyl (C=O) groups is 6. The monoisotopic (exact) mass is 1200 g/mol. The van der Waals surface area contributed by atoms with Crippen LogP contribution in [0.15, 0.2) is 138 Å². The number of hydrogen-bond acceptors (Lipinski definition) is 10. The molecule has 3 heterocycles. The van der Waals surface area contributed by atoms with Gasteiger partial charge in [0.25, 0.3) is 0 Å². The summed E-state index contributed by atoms with van der Waals surface area (Å²) in [6.45, 7) is 8.39. The lowest BCUT2D eigenvalue weighted by Crippen LogP contribution is -2.56. The Labute approximate surface area is 510 Å². The Morgan fingerprint density at radius 1 is 0.895 bits per heavy atom. The van der Waals surface area contributed by atoms with E-state index in [0.717, 1.165) is 61.9 Å². The smallest absolute Gasteiger partial charge is 0.336 e. The Morgan fingerprint density at radius 3 is 2.38 bits per heavy atom. The van der Waals surface area contributed by atoms with E-state index in [9.17, 15) is 34.2 Å². The van der Waals surface area contributed by atoms with Gasteiger partial charge in [-0.15, -0.1) is 0 Å². The van der Waals surface area contributed by atoms with Crippen LogP contribution in [0.3, 0.4) is 0 Å². The van der Waals surface area contributed by atoms with Gasteiger partial charge in [-0.3, -0.25) is 24.0 Å². The lowest BCUT2D eigenvalue weighted by atomic mass is 9.87. The third-order valence-electron chi connectivity index (χ3n) is 16.9. The van der Waals surface area contributed by atoms with Crippen LogP contribution in [-0.2, 0) is 35.1 Å². The second-order valence-corrected chi connectivity index (χ2v) is 29.2. The molecule has 4 amide bonds. The number of benzene rings is 4. The number of phenolic OH excluding ortho intramolecular Hbond substituents is 1. The summed E-state index contributed by atoms with van der Waals surface area (Å²) >= 11 is 1.75. The second kappa shape index (κ2) is 28.9. The summed E-state index contributed by atoms with van der Waals surface area (Å²) in [5.74, 6) is -1.87. The van der Waals surface area contributed by atoms with Crippen LogP contribution in [0.5, 0.6) is 5.75 Å². The molecule has 0 spiro atoms. The highest BCUT2D eigenvalue weighted by Gasteiger charge is 2.44. The van der Waals surface area contributed by atoms with Crippen LogP contribution >= 0.6 is 11.8 Å². The fraction of sp³-hybridized carbons (Fsp3) is 0.397. The number of anilines is 1. The number of allylic oxidation sites excluding steroid dienone is 7. The lowest BCUT2D eigenvalue weighted by molar-refractivity contribution is -0.462. The molecule has 1 aromatic heterocycles. The number of aromatic hydroxyl groups is 1. The topological polar surface area (TPSA) is 213 Å². The van der Waals surface area contributed by atoms with Gasteiger partial charge in [-0.2, -0.15) is 11.8 Å². The van der Waals surface area contributed by atoms with Gasteiger partial charge in [-0.25, -0.2) is 9.37 Å². The number of cyclic esters (lactones) is 1. The van der Waals surface area contributed by atoms with Gasteiger partial charge in [0.05, 0.1) is 24.1 Å². The van der Waals surface area contributed by atoms with Gasteiger partial charge in [0.2, 0.25) is 23.6 Å². The van der Waals surface area contributed by atoms with Crippen molar-refractivity contribution in [3.8, 4) is 5.75 Å². The predicted octanol–water partition coefficient (Wildman–Crippen LogP) is 9.40. The zero-order chi connectivity index (χ0) is 61.8. The number of hydrogen-bond donors (Lipinski definition) is 6. The largest absolute Gasteiger partial charge is 0.508 e. The molecule has 1 aliphatic carbocycles. The molecule has 0 saturated carbocycles. The number of thioether (sulfide) groups is 1. The van der Waals surface area contributed by atoms with E-state index in [-0.39, 0.29) is 42.4 Å². The van der Waals surface area contributed by atoms with Crippen molar-refractivity contribution in [2.24, 2.45) is 5.92 Å². The van der Waals surface area contributed by atoms with Crippen LogP contribution < -0.4 is 26.0 Å². The maximum Gasteiger partial charge on any atom is 0.336 e. The Morgan fingerprint density at radius 2 is 1.64 bits per heavy atom. The number of rotatable bonds is 17. The number of para-hydroxylation sites is 1. The molecule has 4 aromatic carbocycles. The molecular weight excluding hydrogens is 1120 g/mol. The molecule has 5 aromatic rings. The number of unbranched alkanes of at least 4 members (excludes halogenated alkanes) is 1. The van der Waals surface area contributed by atoms with Crippen molar-refractivity contribution in [3.05, 3.63) is 166 Å². The standard InChI is InChI=1S/C68H83N7O9SSi/c1-43-17-16-18-45(3)84-63(78)41-58(46-24-28-50(76)29-25-46)72-66(80)59(38-47-42-70-56-22-13-12-19-51(47)56)75(8)67(81)57(71-65(79)44(2)37-43)23-14-15-33-69-62(77)32-34-85-35-36-86(9)60-39-48(73(4)5)26-30-54(60)64(52-20-10-11-21-53(52)68(82)83)55-31-27-49(74(6)7)40-61(55)86/h10-13,17,19-22,24-31,39-40,42,44-45,57-59,70H,14-16,18,23,32-38,41H2,1-9H3,(H4-,69,71,72,76,77,79,80,82,83)/p+1/b43-17+/t44-,45-,57-,58+,59+/m0/s1. The SMILES string of the molecule is C/C1=C\CC[C@H](C)OC(=O)C[C@H](c2ccc(O)cc2)NC(=O)[C@@H](Cc2c[nH]c3ccccc23)N(C)C(=O)[C@H](CCCCNC(=O)CCSCC[Si]2(C)C3=CC(=[N+](C)C)C=CC3=C(c3ccccc3C(=O)O)c3ccc(N(C)C)cc32)NC(=O)[C@@H](C)C1. The number of aromatic amines is 1. The fourth-order valence-corrected chi connectivity index (χ4v) is 18.0. The molecule has 2 aliphatic heterocycles. The van der Waals surface area contributed by atoms with Crippen molar-refractivity contribution in [2.75, 3.05) is 58.2 Å². The van der Waals surface area contributed by atoms with Crippen molar-refractivity contribution >= 4 is 88.5 Å². The molecule has 6 atom stereocenters. The Kier molecular flexibility index (Phi) is 21.6. The first-order chi connectivity index (χ1) is 41.1. The summed E-state index contributed by atoms with van der Waals surface area (Å²) < 4.78 is 7.95. The maximum atomic E-state index is 15.0. The van der Waals surface area contributed by atoms with Gasteiger partial charge >= 0.3 is 11.9 Å². The Bertz CT molecular complexity index is 3510. The summed E-state index contributed by atoms with van der Waals surface area (Å²) in [6.07, 6.45) is 13.1. The zero-order valence-electron chi connectivity index (χ0n) is 51.1. The van der Waals surface area contributed by atoms with Crippen molar-refractivity contribution in [1.82, 2.24) is 25.8 Å². The summed E-state index contributed by atoms with van der Waals surface area (Å²) in [7, 11) is 7.18. The van der Waals surface area contributed by atoms with Crippen LogP contribution in [-0.4, -0.2) is 146 Å². The fourth-order valence-electron chi connectivity index (χ4n) is 11.9. The molecular formula is C68H84N7O9SSi+. The predicted molar refractivity (Wildman–Crippen MR) is 346 cm³/mol. The molecule has 0 radical (unpaired) electrons. The number of amides is 4. The van der Waals surface area contributed by atoms with E-state index in [0.29, 0.717) is 61.9 Å². The summed E-state index contributed by atoms with van der Waals surface area (Å²) in [5, 5.41) is 33.2. The minimum atomic E-state index is -2.52. The first-order valence-corrected chi connectivity index (χ1v) is 33.7. The highest BCUT2D eigenvalue weighted by molar-refractivity contribution is 7.99. The van der Waals surface area contributed by atoms with Gasteiger partial charge in [-0.05, 0) is 150 Å². The summed E-state index contributed by atoms with van der Waals surface area (Å²) in [4.78, 5) is 90.5. The summed E-state index contributed by atoms with van der Waals surface area (Å²) in [5.41, 5.74) is 9.34. The van der Waals surface area contributed by atoms with Crippen LogP contribution in [0, 0.1) is 5.92 Å². The number of likely N-dealkylation sites (N-methyl/N-ethyl adjacent to an activating group) is 1. The van der Waals surface area contributed by atoms with Crippen molar-refractivity contribution < 1.29 is 48.3 Å². The first-order valence-electron chi connectivity index (χ1n) is 29.9. The van der Waals surface area contributed by atoms with Crippen LogP contribution in [0.1, 0.15) is 111 Å². The number of nitrogens with one attached hydrogen (secondary N) is 4. The number of nitrogens with zero attached hydrogens (tertiary/aromatic N) is 3. The molecule has 0 fully saturated rings. The minimum absolute atomic E-state index is 0.0206. The number of carboxylic acids is 1. The molecule has 0 bridgehead atoms. The number of fused-ring (bicyclic) bond motifs is 3. The molecule has 6 N–H and O–H groups in total. The highest BCUT2D eigenvalue weighted by atomic mass is 32.2. The number of phenols is 1. The van der Waals surface area contributed by atoms with E-state index in [1.807, 2.05) is 97.6 Å². The number of aromatic carboxylic acids is 1. The molecule has 3 aliphatic rings. The van der Waals surface area contributed by atoms with Gasteiger partial charge in [0, 0.05) is 87.1 Å². The molecule has 18 heteroatoms. The number of carbonyl (C=O) groups excluding carboxylic acids is 5. The van der Waals surface area contributed by atoms with E-state index < -0.39 is 62.0 Å². The quantitative estimate of drug-likeness (QED) is 0.0170. The second-order valence-electron chi connectivity index (χ2n) is 23.7. The highest BCUT2D eigenvalue weighted by Crippen LogP contribution is 2.44. The molecule has 1 unspecified atom stereocenters. The maximum absolute atomic E-state index is 15.0. The number of carboxylic acid groups (broad SMARTS) is 1. The van der Waals surface area contributed by atoms with Crippen molar-refractivity contribution in [2.45, 2.75) is 115 Å². The third kappa shape index (κ3) is 15.5. The minimum Gasteiger partial charge on any atom is -0.508 e. The Hall–Kier alpha value is -7.96. The van der Waals surface area contributed by atoms with Crippen molar-refractivity contribution in [3.63, 3.8) is 0 Å². The van der Waals surface area contributed by atoms with Gasteiger partial charge in [-0.1, -0.05) is 79.7 Å². The number of ether oxygens (including phenoxy) is 1. The third-order valence-corrected chi connectivity index (χ3v) is 22.7. The summed E-state index contributed by atoms with van der Waals surface area (Å²) in [6, 6.07) is 25.7. The normalized spacial score (nSPS) is 22.2. The van der Waals surface area contributed by atoms with E-state index >= 15 is 4.79 Å². The van der Waals surface area contributed by atoms with E-state index in [2.05, 4.69) is 73.4 Å².